The molecule has 0 spiro atoms. The molecule has 0 aliphatic rings. The lowest BCUT2D eigenvalue weighted by molar-refractivity contribution is -0.130. The number of carboxylic acid groups (broad SMARTS) is 1. The Balaban J connectivity index is 1.88. The molecule has 0 saturated heterocycles. The third-order valence-electron chi connectivity index (χ3n) is 4.62. The number of hydrogen-bond donors (Lipinski definition) is 1. The first-order chi connectivity index (χ1) is 14.6. The number of benzene rings is 2. The molecule has 6 nitrogen and oxygen atoms in total. The van der Waals surface area contributed by atoms with Crippen LogP contribution < -0.4 is 4.74 Å². The van der Waals surface area contributed by atoms with Crippen LogP contribution in [0.2, 0.25) is 0 Å². The number of carbonyl (C=O) groups is 2. The zero-order valence-corrected chi connectivity index (χ0v) is 17.5. The summed E-state index contributed by atoms with van der Waals surface area (Å²) in [5.74, 6) is -0.874. The van der Waals surface area contributed by atoms with E-state index in [4.69, 9.17) is 4.74 Å². The van der Waals surface area contributed by atoms with Gasteiger partial charge in [-0.15, -0.1) is 11.3 Å². The lowest BCUT2D eigenvalue weighted by Crippen LogP contribution is -2.13. The molecule has 0 atom stereocenters. The van der Waals surface area contributed by atoms with E-state index in [9.17, 15) is 14.7 Å². The molecule has 2 heterocycles. The fourth-order valence-corrected chi connectivity index (χ4v) is 4.38. The SMILES string of the molecule is COc1ccc(C(=O)/C(Cc2cccs2)=C(/C(=O)O)c2ccc3nsnc3c2)cc1. The Hall–Kier alpha value is -3.36. The van der Waals surface area contributed by atoms with Crippen molar-refractivity contribution in [3.8, 4) is 5.75 Å². The fraction of sp³-hybridized carbons (Fsp3) is 0.0909. The van der Waals surface area contributed by atoms with Crippen molar-refractivity contribution in [2.75, 3.05) is 7.11 Å². The van der Waals surface area contributed by atoms with Gasteiger partial charge in [0.15, 0.2) is 5.78 Å². The van der Waals surface area contributed by atoms with Crippen LogP contribution in [0.15, 0.2) is 65.6 Å². The molecule has 150 valence electrons. The van der Waals surface area contributed by atoms with Crippen molar-refractivity contribution < 1.29 is 19.4 Å². The predicted molar refractivity (Wildman–Crippen MR) is 117 cm³/mol. The zero-order valence-electron chi connectivity index (χ0n) is 15.9. The van der Waals surface area contributed by atoms with Gasteiger partial charge in [0.1, 0.15) is 16.8 Å². The highest BCUT2D eigenvalue weighted by molar-refractivity contribution is 7.09. The molecule has 2 aromatic heterocycles. The largest absolute Gasteiger partial charge is 0.497 e. The molecule has 4 aromatic rings. The molecule has 0 amide bonds. The number of aliphatic carboxylic acids is 1. The summed E-state index contributed by atoms with van der Waals surface area (Å²) in [6.45, 7) is 0. The van der Waals surface area contributed by atoms with Gasteiger partial charge in [-0.25, -0.2) is 4.79 Å². The maximum atomic E-state index is 13.4. The average molecular weight is 437 g/mol. The number of fused-ring (bicyclic) bond motifs is 1. The van der Waals surface area contributed by atoms with E-state index >= 15 is 0 Å². The van der Waals surface area contributed by atoms with Gasteiger partial charge in [0.05, 0.1) is 24.4 Å². The van der Waals surface area contributed by atoms with Crippen LogP contribution in [-0.4, -0.2) is 32.7 Å². The van der Waals surface area contributed by atoms with Gasteiger partial charge in [-0.2, -0.15) is 8.75 Å². The van der Waals surface area contributed by atoms with Gasteiger partial charge in [-0.05, 0) is 53.4 Å². The van der Waals surface area contributed by atoms with Gasteiger partial charge in [0.25, 0.3) is 0 Å². The molecular weight excluding hydrogens is 420 g/mol. The van der Waals surface area contributed by atoms with Crippen LogP contribution in [0.1, 0.15) is 20.8 Å². The number of Topliss-reactive ketones (excluding diaryl/α,β-unsaturated/α-hetero) is 1. The van der Waals surface area contributed by atoms with Crippen molar-refractivity contribution in [3.05, 3.63) is 81.6 Å². The summed E-state index contributed by atoms with van der Waals surface area (Å²) in [4.78, 5) is 26.6. The van der Waals surface area contributed by atoms with E-state index in [2.05, 4.69) is 8.75 Å². The lowest BCUT2D eigenvalue weighted by atomic mass is 9.91. The maximum absolute atomic E-state index is 13.4. The van der Waals surface area contributed by atoms with Gasteiger partial charge in [0, 0.05) is 22.4 Å². The summed E-state index contributed by atoms with van der Waals surface area (Å²) in [7, 11) is 1.55. The Bertz CT molecular complexity index is 1240. The van der Waals surface area contributed by atoms with Gasteiger partial charge in [0.2, 0.25) is 0 Å². The number of allylic oxidation sites excluding steroid dienone is 1. The summed E-state index contributed by atoms with van der Waals surface area (Å²) in [5, 5.41) is 12.0. The van der Waals surface area contributed by atoms with Crippen LogP contribution in [0.3, 0.4) is 0 Å². The number of aromatic nitrogens is 2. The number of ketones is 1. The summed E-state index contributed by atoms with van der Waals surface area (Å²) >= 11 is 2.54. The number of methoxy groups -OCH3 is 1. The Kier molecular flexibility index (Phi) is 5.69. The van der Waals surface area contributed by atoms with E-state index in [1.807, 2.05) is 17.5 Å². The van der Waals surface area contributed by atoms with E-state index in [1.54, 1.807) is 49.6 Å². The van der Waals surface area contributed by atoms with E-state index < -0.39 is 5.97 Å². The maximum Gasteiger partial charge on any atom is 0.336 e. The number of nitrogens with zero attached hydrogens (tertiary/aromatic N) is 2. The lowest BCUT2D eigenvalue weighted by Gasteiger charge is -2.12. The number of carbonyl (C=O) groups excluding carboxylic acids is 1. The molecule has 2 aromatic carbocycles. The Labute approximate surface area is 180 Å². The standard InChI is InChI=1S/C22H16N2O4S2/c1-28-15-7-4-13(5-8-15)21(25)17(12-16-3-2-10-29-16)20(22(26)27)14-6-9-18-19(11-14)24-30-23-18/h2-11H,12H2,1H3,(H,26,27)/b20-17+. The molecule has 0 fully saturated rings. The van der Waals surface area contributed by atoms with Gasteiger partial charge >= 0.3 is 5.97 Å². The fourth-order valence-electron chi connectivity index (χ4n) is 3.15. The van der Waals surface area contributed by atoms with Gasteiger partial charge in [-0.1, -0.05) is 12.1 Å². The van der Waals surface area contributed by atoms with Crippen LogP contribution in [0, 0.1) is 0 Å². The monoisotopic (exact) mass is 436 g/mol. The van der Waals surface area contributed by atoms with Crippen LogP contribution in [0.5, 0.6) is 5.75 Å². The summed E-state index contributed by atoms with van der Waals surface area (Å²) in [6.07, 6.45) is 0.220. The Morgan fingerprint density at radius 1 is 1.00 bits per heavy atom. The third kappa shape index (κ3) is 4.00. The first-order valence-corrected chi connectivity index (χ1v) is 10.6. The van der Waals surface area contributed by atoms with E-state index in [0.717, 1.165) is 16.6 Å². The topological polar surface area (TPSA) is 89.4 Å². The normalized spacial score (nSPS) is 11.9. The summed E-state index contributed by atoms with van der Waals surface area (Å²) < 4.78 is 13.5. The first-order valence-electron chi connectivity index (χ1n) is 8.97. The highest BCUT2D eigenvalue weighted by Gasteiger charge is 2.24. The second-order valence-electron chi connectivity index (χ2n) is 6.44. The summed E-state index contributed by atoms with van der Waals surface area (Å²) in [5.41, 5.74) is 2.31. The smallest absolute Gasteiger partial charge is 0.336 e. The first kappa shape index (κ1) is 19.9. The molecule has 0 radical (unpaired) electrons. The summed E-state index contributed by atoms with van der Waals surface area (Å²) in [6, 6.07) is 15.5. The minimum atomic E-state index is -1.16. The van der Waals surface area contributed by atoms with Crippen molar-refractivity contribution in [2.45, 2.75) is 6.42 Å². The number of rotatable bonds is 7. The molecule has 0 aliphatic carbocycles. The number of ether oxygens (including phenoxy) is 1. The van der Waals surface area contributed by atoms with Gasteiger partial charge in [-0.3, -0.25) is 4.79 Å². The molecule has 30 heavy (non-hydrogen) atoms. The Morgan fingerprint density at radius 2 is 1.73 bits per heavy atom. The number of carboxylic acids is 1. The second-order valence-corrected chi connectivity index (χ2v) is 8.00. The molecule has 0 unspecified atom stereocenters. The van der Waals surface area contributed by atoms with Crippen molar-refractivity contribution in [1.29, 1.82) is 0 Å². The van der Waals surface area contributed by atoms with Crippen molar-refractivity contribution in [1.82, 2.24) is 8.75 Å². The predicted octanol–water partition coefficient (Wildman–Crippen LogP) is 4.73. The average Bonchev–Trinajstić information content (AvgIpc) is 3.44. The number of thiophene rings is 1. The van der Waals surface area contributed by atoms with Crippen LogP contribution in [-0.2, 0) is 11.2 Å². The van der Waals surface area contributed by atoms with Crippen molar-refractivity contribution >= 4 is 51.4 Å². The molecule has 4 rings (SSSR count). The zero-order chi connectivity index (χ0) is 21.1. The van der Waals surface area contributed by atoms with Gasteiger partial charge < -0.3 is 9.84 Å². The van der Waals surface area contributed by atoms with E-state index in [1.165, 1.54) is 11.3 Å². The molecule has 0 saturated carbocycles. The van der Waals surface area contributed by atoms with Crippen LogP contribution in [0.4, 0.5) is 0 Å². The van der Waals surface area contributed by atoms with E-state index in [0.29, 0.717) is 27.9 Å². The highest BCUT2D eigenvalue weighted by atomic mass is 32.1. The number of hydrogen-bond acceptors (Lipinski definition) is 7. The molecule has 0 aliphatic heterocycles. The Morgan fingerprint density at radius 3 is 2.40 bits per heavy atom. The highest BCUT2D eigenvalue weighted by Crippen LogP contribution is 2.29. The third-order valence-corrected chi connectivity index (χ3v) is 6.05. The van der Waals surface area contributed by atoms with E-state index in [-0.39, 0.29) is 23.4 Å². The minimum Gasteiger partial charge on any atom is -0.497 e. The van der Waals surface area contributed by atoms with Crippen molar-refractivity contribution in [3.63, 3.8) is 0 Å². The minimum absolute atomic E-state index is 0.0286. The molecule has 1 N–H and O–H groups in total. The van der Waals surface area contributed by atoms with Crippen LogP contribution in [0.25, 0.3) is 16.6 Å². The molecular formula is C22H16N2O4S2. The second kappa shape index (κ2) is 8.56. The quantitative estimate of drug-likeness (QED) is 0.333. The molecule has 0 bridgehead atoms. The van der Waals surface area contributed by atoms with Crippen molar-refractivity contribution in [2.24, 2.45) is 0 Å². The molecule has 8 heteroatoms. The van der Waals surface area contributed by atoms with Crippen LogP contribution >= 0.6 is 23.1 Å².